The number of ether oxygens (including phenoxy) is 1. The van der Waals surface area contributed by atoms with Crippen molar-refractivity contribution >= 4 is 17.9 Å². The molecule has 3 atom stereocenters. The van der Waals surface area contributed by atoms with Gasteiger partial charge >= 0.3 is 6.09 Å². The lowest BCUT2D eigenvalue weighted by Crippen LogP contribution is -2.55. The van der Waals surface area contributed by atoms with Gasteiger partial charge in [-0.25, -0.2) is 4.79 Å². The molecule has 3 amide bonds. The summed E-state index contributed by atoms with van der Waals surface area (Å²) in [6.45, 7) is 17.7. The van der Waals surface area contributed by atoms with E-state index in [0.717, 1.165) is 30.4 Å². The molecular weight excluding hydrogens is 442 g/mol. The number of amides is 3. The van der Waals surface area contributed by atoms with Gasteiger partial charge in [0, 0.05) is 13.1 Å². The summed E-state index contributed by atoms with van der Waals surface area (Å²) in [6, 6.07) is 5.86. The van der Waals surface area contributed by atoms with Gasteiger partial charge in [0.15, 0.2) is 0 Å². The molecule has 0 fully saturated rings. The van der Waals surface area contributed by atoms with Crippen molar-refractivity contribution in [2.24, 2.45) is 5.92 Å². The highest BCUT2D eigenvalue weighted by molar-refractivity contribution is 5.92. The Bertz CT molecular complexity index is 847. The van der Waals surface area contributed by atoms with Crippen LogP contribution in [-0.4, -0.2) is 47.5 Å². The maximum absolute atomic E-state index is 14.0. The Labute approximate surface area is 211 Å². The molecule has 0 aliphatic carbocycles. The predicted octanol–water partition coefficient (Wildman–Crippen LogP) is 5.30. The standard InChI is InChI=1S/C28H45N3O4/c1-9-12-15-18-29-25(32)24(22-17-14-13-16-21(22)5)31(19-10-2)26(33)23(20(4)11-3)30-27(34)35-28(6,7)8/h10,13-14,16-17,20,23-24H,2,9,11-12,15,18-19H2,1,3-8H3,(H,29,32)(H,30,34). The van der Waals surface area contributed by atoms with Crippen LogP contribution in [0, 0.1) is 12.8 Å². The lowest BCUT2D eigenvalue weighted by atomic mass is 9.94. The maximum Gasteiger partial charge on any atom is 0.408 e. The van der Waals surface area contributed by atoms with Gasteiger partial charge in [0.25, 0.3) is 0 Å². The van der Waals surface area contributed by atoms with E-state index in [1.807, 2.05) is 45.0 Å². The molecule has 0 aliphatic rings. The van der Waals surface area contributed by atoms with Crippen LogP contribution in [0.5, 0.6) is 0 Å². The third-order valence-corrected chi connectivity index (χ3v) is 5.88. The number of hydrogen-bond acceptors (Lipinski definition) is 4. The quantitative estimate of drug-likeness (QED) is 0.292. The summed E-state index contributed by atoms with van der Waals surface area (Å²) in [5.74, 6) is -0.764. The van der Waals surface area contributed by atoms with Crippen molar-refractivity contribution in [1.29, 1.82) is 0 Å². The van der Waals surface area contributed by atoms with Crippen LogP contribution in [0.3, 0.4) is 0 Å². The number of alkyl carbamates (subject to hydrolysis) is 1. The van der Waals surface area contributed by atoms with Crippen LogP contribution in [0.1, 0.15) is 84.4 Å². The van der Waals surface area contributed by atoms with Crippen LogP contribution in [0.15, 0.2) is 36.9 Å². The van der Waals surface area contributed by atoms with Crippen LogP contribution >= 0.6 is 0 Å². The summed E-state index contributed by atoms with van der Waals surface area (Å²) < 4.78 is 5.42. The molecule has 1 aromatic rings. The third kappa shape index (κ3) is 9.74. The SMILES string of the molecule is C=CCN(C(=O)C(NC(=O)OC(C)(C)C)C(C)CC)C(C(=O)NCCCCC)c1ccccc1C. The minimum absolute atomic E-state index is 0.156. The second kappa shape index (κ2) is 14.5. The highest BCUT2D eigenvalue weighted by Crippen LogP contribution is 2.27. The van der Waals surface area contributed by atoms with Gasteiger partial charge in [-0.05, 0) is 51.2 Å². The van der Waals surface area contributed by atoms with E-state index in [4.69, 9.17) is 4.74 Å². The number of unbranched alkanes of at least 4 members (excludes halogenated alkanes) is 2. The number of hydrogen-bond donors (Lipinski definition) is 2. The first-order valence-corrected chi connectivity index (χ1v) is 12.7. The lowest BCUT2D eigenvalue weighted by molar-refractivity contribution is -0.142. The second-order valence-corrected chi connectivity index (χ2v) is 10.0. The fraction of sp³-hybridized carbons (Fsp3) is 0.607. The summed E-state index contributed by atoms with van der Waals surface area (Å²) in [4.78, 5) is 41.6. The number of nitrogens with one attached hydrogen (secondary N) is 2. The van der Waals surface area contributed by atoms with Gasteiger partial charge in [-0.2, -0.15) is 0 Å². The predicted molar refractivity (Wildman–Crippen MR) is 141 cm³/mol. The summed E-state index contributed by atoms with van der Waals surface area (Å²) in [5, 5.41) is 5.78. The van der Waals surface area contributed by atoms with E-state index in [2.05, 4.69) is 24.1 Å². The monoisotopic (exact) mass is 487 g/mol. The van der Waals surface area contributed by atoms with Crippen LogP contribution in [0.4, 0.5) is 4.79 Å². The van der Waals surface area contributed by atoms with Crippen molar-refractivity contribution < 1.29 is 19.1 Å². The van der Waals surface area contributed by atoms with Crippen molar-refractivity contribution in [3.63, 3.8) is 0 Å². The van der Waals surface area contributed by atoms with Crippen LogP contribution in [0.25, 0.3) is 0 Å². The Kier molecular flexibility index (Phi) is 12.5. The summed E-state index contributed by atoms with van der Waals surface area (Å²) in [5.41, 5.74) is 0.954. The molecule has 3 unspecified atom stereocenters. The average molecular weight is 488 g/mol. The Balaban J connectivity index is 3.40. The second-order valence-electron chi connectivity index (χ2n) is 10.0. The van der Waals surface area contributed by atoms with Gasteiger partial charge in [0.1, 0.15) is 17.7 Å². The molecule has 0 aliphatic heterocycles. The lowest BCUT2D eigenvalue weighted by Gasteiger charge is -2.36. The Morgan fingerprint density at radius 2 is 1.80 bits per heavy atom. The number of nitrogens with zero attached hydrogens (tertiary/aromatic N) is 1. The van der Waals surface area contributed by atoms with Crippen molar-refractivity contribution in [3.05, 3.63) is 48.0 Å². The largest absolute Gasteiger partial charge is 0.444 e. The van der Waals surface area contributed by atoms with E-state index in [1.54, 1.807) is 26.8 Å². The first kappa shape index (κ1) is 30.2. The average Bonchev–Trinajstić information content (AvgIpc) is 2.79. The van der Waals surface area contributed by atoms with Crippen molar-refractivity contribution in [2.45, 2.75) is 91.8 Å². The van der Waals surface area contributed by atoms with Gasteiger partial charge in [0.2, 0.25) is 11.8 Å². The van der Waals surface area contributed by atoms with E-state index in [9.17, 15) is 14.4 Å². The van der Waals surface area contributed by atoms with Gasteiger partial charge in [-0.15, -0.1) is 6.58 Å². The topological polar surface area (TPSA) is 87.7 Å². The number of carbonyl (C=O) groups excluding carboxylic acids is 3. The van der Waals surface area contributed by atoms with Crippen molar-refractivity contribution in [2.75, 3.05) is 13.1 Å². The number of rotatable bonds is 13. The first-order chi connectivity index (χ1) is 16.5. The van der Waals surface area contributed by atoms with E-state index >= 15 is 0 Å². The van der Waals surface area contributed by atoms with Crippen LogP contribution in [0.2, 0.25) is 0 Å². The van der Waals surface area contributed by atoms with E-state index in [0.29, 0.717) is 13.0 Å². The summed E-state index contributed by atoms with van der Waals surface area (Å²) in [7, 11) is 0. The molecule has 0 radical (unpaired) electrons. The van der Waals surface area contributed by atoms with E-state index in [1.165, 1.54) is 4.90 Å². The van der Waals surface area contributed by atoms with Gasteiger partial charge < -0.3 is 20.3 Å². The molecule has 2 N–H and O–H groups in total. The van der Waals surface area contributed by atoms with Gasteiger partial charge in [-0.3, -0.25) is 9.59 Å². The molecule has 7 heteroatoms. The molecule has 1 rings (SSSR count). The molecular formula is C28H45N3O4. The molecule has 0 saturated heterocycles. The zero-order valence-electron chi connectivity index (χ0n) is 22.6. The molecule has 1 aromatic carbocycles. The Morgan fingerprint density at radius 3 is 2.34 bits per heavy atom. The number of carbonyl (C=O) groups is 3. The molecule has 35 heavy (non-hydrogen) atoms. The summed E-state index contributed by atoms with van der Waals surface area (Å²) in [6.07, 6.45) is 4.53. The van der Waals surface area contributed by atoms with E-state index < -0.39 is 23.8 Å². The van der Waals surface area contributed by atoms with Crippen molar-refractivity contribution in [3.8, 4) is 0 Å². The number of benzene rings is 1. The molecule has 0 bridgehead atoms. The first-order valence-electron chi connectivity index (χ1n) is 12.7. The minimum Gasteiger partial charge on any atom is -0.444 e. The fourth-order valence-electron chi connectivity index (χ4n) is 3.79. The van der Waals surface area contributed by atoms with Crippen LogP contribution < -0.4 is 10.6 Å². The zero-order valence-corrected chi connectivity index (χ0v) is 22.6. The fourth-order valence-corrected chi connectivity index (χ4v) is 3.79. The Morgan fingerprint density at radius 1 is 1.14 bits per heavy atom. The van der Waals surface area contributed by atoms with E-state index in [-0.39, 0.29) is 24.3 Å². The molecule has 0 heterocycles. The highest BCUT2D eigenvalue weighted by Gasteiger charge is 2.38. The minimum atomic E-state index is -0.853. The number of aryl methyl sites for hydroxylation is 1. The molecule has 0 spiro atoms. The molecule has 196 valence electrons. The third-order valence-electron chi connectivity index (χ3n) is 5.88. The molecule has 7 nitrogen and oxygen atoms in total. The smallest absolute Gasteiger partial charge is 0.408 e. The normalized spacial score (nSPS) is 13.8. The maximum atomic E-state index is 14.0. The summed E-state index contributed by atoms with van der Waals surface area (Å²) >= 11 is 0. The molecule has 0 saturated carbocycles. The van der Waals surface area contributed by atoms with Gasteiger partial charge in [0.05, 0.1) is 0 Å². The van der Waals surface area contributed by atoms with Gasteiger partial charge in [-0.1, -0.05) is 70.4 Å². The highest BCUT2D eigenvalue weighted by atomic mass is 16.6. The zero-order chi connectivity index (χ0) is 26.6. The Hall–Kier alpha value is -2.83. The molecule has 0 aromatic heterocycles. The van der Waals surface area contributed by atoms with Crippen LogP contribution in [-0.2, 0) is 14.3 Å². The van der Waals surface area contributed by atoms with Crippen molar-refractivity contribution in [1.82, 2.24) is 15.5 Å².